The lowest BCUT2D eigenvalue weighted by molar-refractivity contribution is -0.122. The lowest BCUT2D eigenvalue weighted by atomic mass is 9.85. The van der Waals surface area contributed by atoms with Gasteiger partial charge in [-0.25, -0.2) is 4.98 Å². The Morgan fingerprint density at radius 1 is 1.00 bits per heavy atom. The lowest BCUT2D eigenvalue weighted by Gasteiger charge is -2.24. The number of benzene rings is 2. The normalized spacial score (nSPS) is 13.8. The smallest absolute Gasteiger partial charge is 0.227 e. The van der Waals surface area contributed by atoms with Crippen LogP contribution in [0.25, 0.3) is 55.7 Å². The van der Waals surface area contributed by atoms with Gasteiger partial charge in [0.25, 0.3) is 0 Å². The first-order chi connectivity index (χ1) is 17.7. The number of carbonyl (C=O) groups excluding carboxylic acids is 1. The largest absolute Gasteiger partial charge is 0.472 e. The summed E-state index contributed by atoms with van der Waals surface area (Å²) in [5, 5.41) is 11.6. The number of nitrogens with zero attached hydrogens (tertiary/aromatic N) is 3. The van der Waals surface area contributed by atoms with E-state index >= 15 is 0 Å². The standard InChI is InChI=1S/C28H22N6O2/c35-28(16-3-1-4-16)30-20-11-19(13-29-14-20)17-7-8-23-22(12-17)26(34-33-23)27-31-24-6-2-5-21(25(24)32-27)18-9-10-36-15-18/h2,5-16H,1,3-4H2,(H,30,35)(H,31,32)(H,33,34). The number of anilines is 1. The number of H-pyrrole nitrogens is 2. The highest BCUT2D eigenvalue weighted by Gasteiger charge is 2.25. The number of aromatic amines is 2. The van der Waals surface area contributed by atoms with Crippen LogP contribution in [0, 0.1) is 5.92 Å². The molecule has 0 atom stereocenters. The van der Waals surface area contributed by atoms with E-state index in [1.807, 2.05) is 42.5 Å². The molecule has 0 spiro atoms. The van der Waals surface area contributed by atoms with Crippen molar-refractivity contribution in [2.24, 2.45) is 5.92 Å². The molecule has 0 bridgehead atoms. The molecule has 8 heteroatoms. The summed E-state index contributed by atoms with van der Waals surface area (Å²) in [6, 6.07) is 16.0. The average molecular weight is 475 g/mol. The van der Waals surface area contributed by atoms with Crippen molar-refractivity contribution in [3.8, 4) is 33.8 Å². The monoisotopic (exact) mass is 474 g/mol. The van der Waals surface area contributed by atoms with Gasteiger partial charge in [0.15, 0.2) is 5.82 Å². The highest BCUT2D eigenvalue weighted by atomic mass is 16.3. The molecule has 4 aromatic heterocycles. The third kappa shape index (κ3) is 3.46. The van der Waals surface area contributed by atoms with E-state index in [1.54, 1.807) is 24.9 Å². The van der Waals surface area contributed by atoms with Crippen LogP contribution in [-0.2, 0) is 4.79 Å². The second-order valence-electron chi connectivity index (χ2n) is 9.21. The highest BCUT2D eigenvalue weighted by Crippen LogP contribution is 2.34. The second-order valence-corrected chi connectivity index (χ2v) is 9.21. The van der Waals surface area contributed by atoms with Crippen molar-refractivity contribution < 1.29 is 9.21 Å². The third-order valence-corrected chi connectivity index (χ3v) is 6.95. The number of amides is 1. The number of carbonyl (C=O) groups is 1. The van der Waals surface area contributed by atoms with Crippen LogP contribution in [0.1, 0.15) is 19.3 Å². The average Bonchev–Trinajstić information content (AvgIpc) is 3.61. The summed E-state index contributed by atoms with van der Waals surface area (Å²) in [5.41, 5.74) is 8.02. The molecule has 0 unspecified atom stereocenters. The Labute approximate surface area is 205 Å². The van der Waals surface area contributed by atoms with Crippen LogP contribution in [0.2, 0.25) is 0 Å². The van der Waals surface area contributed by atoms with Gasteiger partial charge >= 0.3 is 0 Å². The number of hydrogen-bond donors (Lipinski definition) is 3. The molecule has 1 fully saturated rings. The van der Waals surface area contributed by atoms with Crippen molar-refractivity contribution in [1.82, 2.24) is 25.1 Å². The summed E-state index contributed by atoms with van der Waals surface area (Å²) in [6.07, 6.45) is 9.92. The Morgan fingerprint density at radius 2 is 1.94 bits per heavy atom. The first-order valence-electron chi connectivity index (χ1n) is 12.0. The molecule has 36 heavy (non-hydrogen) atoms. The SMILES string of the molecule is O=C(Nc1cncc(-c2ccc3[nH]nc(-c4nc5c(-c6ccoc6)cccc5[nH]4)c3c2)c1)C1CCC1. The maximum atomic E-state index is 12.4. The van der Waals surface area contributed by atoms with E-state index in [1.165, 1.54) is 0 Å². The molecule has 0 saturated heterocycles. The van der Waals surface area contributed by atoms with Crippen LogP contribution in [0.3, 0.4) is 0 Å². The third-order valence-electron chi connectivity index (χ3n) is 6.95. The van der Waals surface area contributed by atoms with Gasteiger partial charge in [-0.2, -0.15) is 5.10 Å². The van der Waals surface area contributed by atoms with Crippen molar-refractivity contribution >= 4 is 33.5 Å². The van der Waals surface area contributed by atoms with Gasteiger partial charge in [0, 0.05) is 34.2 Å². The summed E-state index contributed by atoms with van der Waals surface area (Å²) < 4.78 is 5.28. The van der Waals surface area contributed by atoms with E-state index in [-0.39, 0.29) is 11.8 Å². The van der Waals surface area contributed by atoms with E-state index in [2.05, 4.69) is 31.5 Å². The maximum Gasteiger partial charge on any atom is 0.227 e. The van der Waals surface area contributed by atoms with Crippen LogP contribution < -0.4 is 5.32 Å². The molecule has 0 radical (unpaired) electrons. The molecule has 8 nitrogen and oxygen atoms in total. The van der Waals surface area contributed by atoms with E-state index in [9.17, 15) is 4.79 Å². The molecule has 4 heterocycles. The summed E-state index contributed by atoms with van der Waals surface area (Å²) in [7, 11) is 0. The zero-order chi connectivity index (χ0) is 24.1. The van der Waals surface area contributed by atoms with Gasteiger partial charge in [0.1, 0.15) is 5.69 Å². The number of rotatable bonds is 5. The van der Waals surface area contributed by atoms with Gasteiger partial charge in [-0.15, -0.1) is 0 Å². The molecule has 2 aromatic carbocycles. The van der Waals surface area contributed by atoms with Crippen molar-refractivity contribution in [2.45, 2.75) is 19.3 Å². The number of nitrogens with one attached hydrogen (secondary N) is 3. The maximum absolute atomic E-state index is 12.4. The molecule has 1 aliphatic rings. The van der Waals surface area contributed by atoms with E-state index in [0.717, 1.165) is 69.1 Å². The number of hydrogen-bond acceptors (Lipinski definition) is 5. The van der Waals surface area contributed by atoms with Crippen LogP contribution in [-0.4, -0.2) is 31.1 Å². The summed E-state index contributed by atoms with van der Waals surface area (Å²) in [5.74, 6) is 0.882. The molecule has 176 valence electrons. The van der Waals surface area contributed by atoms with Gasteiger partial charge in [0.05, 0.1) is 41.0 Å². The molecular formula is C28H22N6O2. The molecule has 1 saturated carbocycles. The van der Waals surface area contributed by atoms with Crippen LogP contribution >= 0.6 is 0 Å². The molecule has 7 rings (SSSR count). The molecule has 3 N–H and O–H groups in total. The van der Waals surface area contributed by atoms with Crippen LogP contribution in [0.5, 0.6) is 0 Å². The quantitative estimate of drug-likeness (QED) is 0.277. The van der Waals surface area contributed by atoms with Gasteiger partial charge in [0.2, 0.25) is 5.91 Å². The van der Waals surface area contributed by atoms with E-state index < -0.39 is 0 Å². The molecule has 1 amide bonds. The zero-order valence-electron chi connectivity index (χ0n) is 19.3. The highest BCUT2D eigenvalue weighted by molar-refractivity contribution is 5.98. The number of para-hydroxylation sites is 1. The fourth-order valence-electron chi connectivity index (χ4n) is 4.75. The number of aromatic nitrogens is 5. The number of fused-ring (bicyclic) bond motifs is 2. The fraction of sp³-hybridized carbons (Fsp3) is 0.143. The number of furan rings is 1. The van der Waals surface area contributed by atoms with Gasteiger partial charge in [-0.05, 0) is 48.7 Å². The molecular weight excluding hydrogens is 452 g/mol. The van der Waals surface area contributed by atoms with Gasteiger partial charge in [-0.3, -0.25) is 14.9 Å². The van der Waals surface area contributed by atoms with Crippen molar-refractivity contribution in [1.29, 1.82) is 0 Å². The summed E-state index contributed by atoms with van der Waals surface area (Å²) in [4.78, 5) is 25.1. The van der Waals surface area contributed by atoms with Crippen molar-refractivity contribution in [3.63, 3.8) is 0 Å². The first-order valence-corrected chi connectivity index (χ1v) is 12.0. The lowest BCUT2D eigenvalue weighted by Crippen LogP contribution is -2.28. The molecule has 6 aromatic rings. The van der Waals surface area contributed by atoms with E-state index in [4.69, 9.17) is 9.40 Å². The Balaban J connectivity index is 1.26. The van der Waals surface area contributed by atoms with Crippen LogP contribution in [0.4, 0.5) is 5.69 Å². The van der Waals surface area contributed by atoms with Crippen LogP contribution in [0.15, 0.2) is 77.9 Å². The Morgan fingerprint density at radius 3 is 2.78 bits per heavy atom. The number of imidazole rings is 1. The molecule has 0 aliphatic heterocycles. The Hall–Kier alpha value is -4.72. The van der Waals surface area contributed by atoms with Gasteiger partial charge < -0.3 is 14.7 Å². The number of pyridine rings is 1. The minimum Gasteiger partial charge on any atom is -0.472 e. The minimum absolute atomic E-state index is 0.0763. The predicted octanol–water partition coefficient (Wildman–Crippen LogP) is 6.17. The van der Waals surface area contributed by atoms with Gasteiger partial charge in [-0.1, -0.05) is 24.6 Å². The topological polar surface area (TPSA) is 112 Å². The fourth-order valence-corrected chi connectivity index (χ4v) is 4.75. The molecule has 1 aliphatic carbocycles. The Bertz CT molecular complexity index is 1730. The minimum atomic E-state index is 0.0763. The second kappa shape index (κ2) is 8.20. The first kappa shape index (κ1) is 20.6. The predicted molar refractivity (Wildman–Crippen MR) is 138 cm³/mol. The van der Waals surface area contributed by atoms with Crippen molar-refractivity contribution in [2.75, 3.05) is 5.32 Å². The Kier molecular flexibility index (Phi) is 4.70. The summed E-state index contributed by atoms with van der Waals surface area (Å²) in [6.45, 7) is 0. The van der Waals surface area contributed by atoms with E-state index in [0.29, 0.717) is 11.5 Å². The van der Waals surface area contributed by atoms with Crippen molar-refractivity contribution in [3.05, 3.63) is 73.5 Å². The summed E-state index contributed by atoms with van der Waals surface area (Å²) >= 11 is 0. The zero-order valence-corrected chi connectivity index (χ0v) is 19.3.